The second-order valence-electron chi connectivity index (χ2n) is 2.27. The monoisotopic (exact) mass is 268 g/mol. The Morgan fingerprint density at radius 3 is 2.62 bits per heavy atom. The first-order valence-corrected chi connectivity index (χ1v) is 4.63. The van der Waals surface area contributed by atoms with Gasteiger partial charge < -0.3 is 0 Å². The maximum Gasteiger partial charge on any atom is 0.183 e. The molecule has 0 unspecified atom stereocenters. The Labute approximate surface area is 86.8 Å². The van der Waals surface area contributed by atoms with Gasteiger partial charge in [-0.15, -0.1) is 11.6 Å². The summed E-state index contributed by atoms with van der Waals surface area (Å²) in [6.45, 7) is 0. The van der Waals surface area contributed by atoms with Crippen molar-refractivity contribution in [1.82, 2.24) is 0 Å². The van der Waals surface area contributed by atoms with Gasteiger partial charge in [0, 0.05) is 0 Å². The minimum absolute atomic E-state index is 0.0439. The Kier molecular flexibility index (Phi) is 3.39. The molecule has 0 bridgehead atoms. The molecule has 0 aliphatic rings. The van der Waals surface area contributed by atoms with Crippen LogP contribution in [-0.4, -0.2) is 11.7 Å². The van der Waals surface area contributed by atoms with Gasteiger partial charge in [-0.1, -0.05) is 0 Å². The van der Waals surface area contributed by atoms with Crippen molar-refractivity contribution < 1.29 is 13.6 Å². The highest BCUT2D eigenvalue weighted by Crippen LogP contribution is 2.22. The van der Waals surface area contributed by atoms with Crippen molar-refractivity contribution in [3.8, 4) is 0 Å². The molecule has 0 heterocycles. The molecule has 13 heavy (non-hydrogen) atoms. The molecule has 1 rings (SSSR count). The number of Topliss-reactive ketones (excluding diaryl/α,β-unsaturated/α-hetero) is 1. The van der Waals surface area contributed by atoms with E-state index in [0.717, 1.165) is 6.07 Å². The fraction of sp³-hybridized carbons (Fsp3) is 0.125. The van der Waals surface area contributed by atoms with Crippen LogP contribution in [0.5, 0.6) is 0 Å². The lowest BCUT2D eigenvalue weighted by Crippen LogP contribution is -2.07. The molecule has 5 heteroatoms. The molecule has 0 spiro atoms. The zero-order valence-electron chi connectivity index (χ0n) is 6.28. The summed E-state index contributed by atoms with van der Waals surface area (Å²) in [4.78, 5) is 11.0. The molecule has 0 aliphatic carbocycles. The number of halogens is 4. The number of benzene rings is 1. The molecule has 0 aromatic heterocycles. The normalized spacial score (nSPS) is 10.2. The van der Waals surface area contributed by atoms with Gasteiger partial charge in [0.25, 0.3) is 0 Å². The van der Waals surface area contributed by atoms with Crippen LogP contribution in [0.2, 0.25) is 0 Å². The van der Waals surface area contributed by atoms with Crippen molar-refractivity contribution >= 4 is 33.3 Å². The van der Waals surface area contributed by atoms with Crippen molar-refractivity contribution in [2.75, 3.05) is 5.88 Å². The summed E-state index contributed by atoms with van der Waals surface area (Å²) in [5.74, 6) is -3.01. The standard InChI is InChI=1S/C8H4BrClF2O/c9-4-1-2-5(11)7(8(4)12)6(13)3-10/h1-2H,3H2. The first-order chi connectivity index (χ1) is 6.07. The SMILES string of the molecule is O=C(CCl)c1c(F)ccc(Br)c1F. The quantitative estimate of drug-likeness (QED) is 0.458. The van der Waals surface area contributed by atoms with E-state index < -0.39 is 28.9 Å². The molecule has 0 amide bonds. The fourth-order valence-electron chi connectivity index (χ4n) is 0.849. The molecule has 0 N–H and O–H groups in total. The second-order valence-corrected chi connectivity index (χ2v) is 3.40. The van der Waals surface area contributed by atoms with Crippen LogP contribution in [0.3, 0.4) is 0 Å². The van der Waals surface area contributed by atoms with Gasteiger partial charge in [0.1, 0.15) is 5.82 Å². The van der Waals surface area contributed by atoms with Crippen LogP contribution in [0, 0.1) is 11.6 Å². The van der Waals surface area contributed by atoms with Crippen LogP contribution in [-0.2, 0) is 0 Å². The van der Waals surface area contributed by atoms with Crippen LogP contribution in [0.15, 0.2) is 16.6 Å². The van der Waals surface area contributed by atoms with Gasteiger partial charge in [-0.3, -0.25) is 4.79 Å². The average molecular weight is 269 g/mol. The molecule has 0 aliphatic heterocycles. The predicted octanol–water partition coefficient (Wildman–Crippen LogP) is 3.15. The van der Waals surface area contributed by atoms with Gasteiger partial charge in [-0.2, -0.15) is 0 Å². The Balaban J connectivity index is 3.33. The lowest BCUT2D eigenvalue weighted by atomic mass is 10.1. The highest BCUT2D eigenvalue weighted by molar-refractivity contribution is 9.10. The van der Waals surface area contributed by atoms with Crippen LogP contribution >= 0.6 is 27.5 Å². The lowest BCUT2D eigenvalue weighted by molar-refractivity contribution is 0.101. The minimum atomic E-state index is -0.911. The molecule has 70 valence electrons. The molecule has 1 aromatic carbocycles. The van der Waals surface area contributed by atoms with Crippen molar-refractivity contribution in [3.05, 3.63) is 33.8 Å². The number of hydrogen-bond donors (Lipinski definition) is 0. The van der Waals surface area contributed by atoms with Crippen LogP contribution < -0.4 is 0 Å². The number of alkyl halides is 1. The van der Waals surface area contributed by atoms with Gasteiger partial charge in [0.2, 0.25) is 0 Å². The number of hydrogen-bond acceptors (Lipinski definition) is 1. The molecular weight excluding hydrogens is 265 g/mol. The zero-order chi connectivity index (χ0) is 10.0. The summed E-state index contributed by atoms with van der Waals surface area (Å²) >= 11 is 8.03. The van der Waals surface area contributed by atoms with E-state index in [1.54, 1.807) is 0 Å². The fourth-order valence-corrected chi connectivity index (χ4v) is 1.31. The molecule has 0 saturated heterocycles. The Hall–Kier alpha value is -0.480. The van der Waals surface area contributed by atoms with Crippen LogP contribution in [0.1, 0.15) is 10.4 Å². The van der Waals surface area contributed by atoms with Gasteiger partial charge in [0.05, 0.1) is 15.9 Å². The topological polar surface area (TPSA) is 17.1 Å². The predicted molar refractivity (Wildman–Crippen MR) is 49.1 cm³/mol. The highest BCUT2D eigenvalue weighted by atomic mass is 79.9. The molecule has 0 saturated carbocycles. The van der Waals surface area contributed by atoms with Gasteiger partial charge in [-0.05, 0) is 28.1 Å². The first-order valence-electron chi connectivity index (χ1n) is 3.30. The number of ketones is 1. The third-order valence-electron chi connectivity index (χ3n) is 1.44. The summed E-state index contributed by atoms with van der Waals surface area (Å²) in [5, 5.41) is 0. The first kappa shape index (κ1) is 10.6. The minimum Gasteiger partial charge on any atom is -0.293 e. The molecule has 0 fully saturated rings. The average Bonchev–Trinajstić information content (AvgIpc) is 2.12. The van der Waals surface area contributed by atoms with Gasteiger partial charge in [-0.25, -0.2) is 8.78 Å². The maximum atomic E-state index is 13.1. The van der Waals surface area contributed by atoms with Gasteiger partial charge in [0.15, 0.2) is 11.6 Å². The summed E-state index contributed by atoms with van der Waals surface area (Å²) in [7, 11) is 0. The third kappa shape index (κ3) is 2.06. The summed E-state index contributed by atoms with van der Waals surface area (Å²) in [6.07, 6.45) is 0. The highest BCUT2D eigenvalue weighted by Gasteiger charge is 2.18. The van der Waals surface area contributed by atoms with E-state index in [9.17, 15) is 13.6 Å². The maximum absolute atomic E-state index is 13.1. The third-order valence-corrected chi connectivity index (χ3v) is 2.30. The van der Waals surface area contributed by atoms with E-state index in [0.29, 0.717) is 0 Å². The number of carbonyl (C=O) groups excluding carboxylic acids is 1. The van der Waals surface area contributed by atoms with Crippen molar-refractivity contribution in [2.45, 2.75) is 0 Å². The van der Waals surface area contributed by atoms with Crippen molar-refractivity contribution in [2.24, 2.45) is 0 Å². The zero-order valence-corrected chi connectivity index (χ0v) is 8.62. The second kappa shape index (κ2) is 4.15. The van der Waals surface area contributed by atoms with Crippen LogP contribution in [0.4, 0.5) is 8.78 Å². The van der Waals surface area contributed by atoms with Crippen molar-refractivity contribution in [1.29, 1.82) is 0 Å². The van der Waals surface area contributed by atoms with Gasteiger partial charge >= 0.3 is 0 Å². The number of carbonyl (C=O) groups is 1. The van der Waals surface area contributed by atoms with E-state index >= 15 is 0 Å². The molecule has 1 nitrogen and oxygen atoms in total. The Morgan fingerprint density at radius 1 is 1.46 bits per heavy atom. The number of rotatable bonds is 2. The summed E-state index contributed by atoms with van der Waals surface area (Å²) < 4.78 is 26.1. The van der Waals surface area contributed by atoms with E-state index in [1.807, 2.05) is 0 Å². The lowest BCUT2D eigenvalue weighted by Gasteiger charge is -2.02. The molecule has 0 radical (unpaired) electrons. The molecule has 1 aromatic rings. The molecular formula is C8H4BrClF2O. The van der Waals surface area contributed by atoms with Crippen LogP contribution in [0.25, 0.3) is 0 Å². The summed E-state index contributed by atoms with van der Waals surface area (Å²) in [6, 6.07) is 2.20. The van der Waals surface area contributed by atoms with E-state index in [-0.39, 0.29) is 4.47 Å². The van der Waals surface area contributed by atoms with E-state index in [4.69, 9.17) is 11.6 Å². The van der Waals surface area contributed by atoms with E-state index in [1.165, 1.54) is 6.07 Å². The van der Waals surface area contributed by atoms with E-state index in [2.05, 4.69) is 15.9 Å². The summed E-state index contributed by atoms with van der Waals surface area (Å²) in [5.41, 5.74) is -0.593. The largest absolute Gasteiger partial charge is 0.293 e. The smallest absolute Gasteiger partial charge is 0.183 e. The van der Waals surface area contributed by atoms with Crippen molar-refractivity contribution in [3.63, 3.8) is 0 Å². The Bertz CT molecular complexity index is 354. The Morgan fingerprint density at radius 2 is 2.08 bits per heavy atom. The molecule has 0 atom stereocenters.